The number of aliphatic hydroxyl groups is 1. The van der Waals surface area contributed by atoms with Crippen LogP contribution in [-0.2, 0) is 4.74 Å². The molecule has 14 heavy (non-hydrogen) atoms. The Balaban J connectivity index is 3.58. The van der Waals surface area contributed by atoms with Crippen molar-refractivity contribution in [1.82, 2.24) is 0 Å². The van der Waals surface area contributed by atoms with E-state index in [0.717, 1.165) is 12.8 Å². The molecular formula is C12H22O2. The maximum Gasteiger partial charge on any atom is 0.0960 e. The van der Waals surface area contributed by atoms with Gasteiger partial charge in [-0.2, -0.15) is 0 Å². The highest BCUT2D eigenvalue weighted by Gasteiger charge is 2.17. The Hall–Kier alpha value is -0.520. The van der Waals surface area contributed by atoms with Crippen LogP contribution < -0.4 is 0 Å². The van der Waals surface area contributed by atoms with Crippen molar-refractivity contribution in [3.8, 4) is 11.8 Å². The number of unbranched alkanes of at least 4 members (excludes halogenated alkanes) is 3. The molecule has 0 aliphatic carbocycles. The Kier molecular flexibility index (Phi) is 7.55. The van der Waals surface area contributed by atoms with Crippen molar-refractivity contribution in [1.29, 1.82) is 0 Å². The first-order valence-electron chi connectivity index (χ1n) is 5.29. The summed E-state index contributed by atoms with van der Waals surface area (Å²) in [6.07, 6.45) is 5.06. The topological polar surface area (TPSA) is 29.5 Å². The van der Waals surface area contributed by atoms with Crippen molar-refractivity contribution in [3.05, 3.63) is 0 Å². The van der Waals surface area contributed by atoms with Gasteiger partial charge in [0.05, 0.1) is 12.2 Å². The molecule has 0 unspecified atom stereocenters. The molecule has 0 aromatic carbocycles. The summed E-state index contributed by atoms with van der Waals surface area (Å²) in [6.45, 7) is 4.27. The Morgan fingerprint density at radius 2 is 2.00 bits per heavy atom. The molecule has 0 bridgehead atoms. The van der Waals surface area contributed by atoms with E-state index in [-0.39, 0.29) is 0 Å². The molecule has 2 heteroatoms. The van der Waals surface area contributed by atoms with Crippen LogP contribution in [0, 0.1) is 11.8 Å². The Labute approximate surface area is 87.7 Å². The van der Waals surface area contributed by atoms with Crippen LogP contribution in [0.25, 0.3) is 0 Å². The van der Waals surface area contributed by atoms with Gasteiger partial charge in [0.1, 0.15) is 0 Å². The molecular weight excluding hydrogens is 176 g/mol. The summed E-state index contributed by atoms with van der Waals surface area (Å²) in [4.78, 5) is 0. The van der Waals surface area contributed by atoms with Gasteiger partial charge in [-0.1, -0.05) is 19.8 Å². The molecule has 0 aromatic heterocycles. The lowest BCUT2D eigenvalue weighted by molar-refractivity contribution is -0.0126. The van der Waals surface area contributed by atoms with Gasteiger partial charge in [-0.05, 0) is 13.3 Å². The van der Waals surface area contributed by atoms with Crippen molar-refractivity contribution in [3.63, 3.8) is 0 Å². The Morgan fingerprint density at radius 3 is 2.57 bits per heavy atom. The van der Waals surface area contributed by atoms with Gasteiger partial charge >= 0.3 is 0 Å². The second kappa shape index (κ2) is 7.84. The van der Waals surface area contributed by atoms with Crippen molar-refractivity contribution in [2.45, 2.75) is 51.6 Å². The maximum absolute atomic E-state index is 9.69. The molecule has 2 nitrogen and oxygen atoms in total. The van der Waals surface area contributed by atoms with E-state index in [1.165, 1.54) is 12.8 Å². The molecule has 0 heterocycles. The van der Waals surface area contributed by atoms with Gasteiger partial charge < -0.3 is 9.84 Å². The fourth-order valence-corrected chi connectivity index (χ4v) is 1.17. The van der Waals surface area contributed by atoms with Crippen LogP contribution in [0.1, 0.15) is 46.0 Å². The summed E-state index contributed by atoms with van der Waals surface area (Å²) in [5.74, 6) is 6.06. The minimum Gasteiger partial charge on any atom is -0.387 e. The van der Waals surface area contributed by atoms with Crippen molar-refractivity contribution in [2.24, 2.45) is 0 Å². The van der Waals surface area contributed by atoms with Crippen LogP contribution in [0.4, 0.5) is 0 Å². The van der Waals surface area contributed by atoms with E-state index < -0.39 is 5.60 Å². The lowest BCUT2D eigenvalue weighted by Gasteiger charge is -2.18. The fraction of sp³-hybridized carbons (Fsp3) is 0.833. The molecule has 0 aliphatic heterocycles. The summed E-state index contributed by atoms with van der Waals surface area (Å²) in [5.41, 5.74) is -0.799. The van der Waals surface area contributed by atoms with Crippen LogP contribution in [0.2, 0.25) is 0 Å². The van der Waals surface area contributed by atoms with Gasteiger partial charge in [0.2, 0.25) is 0 Å². The molecule has 0 fully saturated rings. The average Bonchev–Trinajstić information content (AvgIpc) is 2.11. The summed E-state index contributed by atoms with van der Waals surface area (Å²) in [7, 11) is 1.59. The molecule has 0 radical (unpaired) electrons. The standard InChI is InChI=1S/C12H22O2/c1-4-5-6-7-8-9-10-12(2,13)11-14-3/h13H,4-7,10-11H2,1-3H3/t12-/m1/s1. The van der Waals surface area contributed by atoms with Crippen LogP contribution in [0.15, 0.2) is 0 Å². The van der Waals surface area contributed by atoms with E-state index in [4.69, 9.17) is 4.74 Å². The summed E-state index contributed by atoms with van der Waals surface area (Å²) >= 11 is 0. The quantitative estimate of drug-likeness (QED) is 0.524. The molecule has 0 saturated carbocycles. The molecule has 0 rings (SSSR count). The zero-order valence-electron chi connectivity index (χ0n) is 9.60. The predicted octanol–water partition coefficient (Wildman–Crippen LogP) is 2.36. The molecule has 0 saturated heterocycles. The highest BCUT2D eigenvalue weighted by Crippen LogP contribution is 2.08. The van der Waals surface area contributed by atoms with E-state index in [9.17, 15) is 5.11 Å². The van der Waals surface area contributed by atoms with E-state index in [2.05, 4.69) is 18.8 Å². The first-order valence-corrected chi connectivity index (χ1v) is 5.29. The highest BCUT2D eigenvalue weighted by molar-refractivity contribution is 5.02. The largest absolute Gasteiger partial charge is 0.387 e. The number of hydrogen-bond acceptors (Lipinski definition) is 2. The lowest BCUT2D eigenvalue weighted by atomic mass is 10.0. The number of ether oxygens (including phenoxy) is 1. The van der Waals surface area contributed by atoms with E-state index in [1.54, 1.807) is 14.0 Å². The lowest BCUT2D eigenvalue weighted by Crippen LogP contribution is -2.29. The second-order valence-corrected chi connectivity index (χ2v) is 3.92. The minimum atomic E-state index is -0.799. The SMILES string of the molecule is CCCCCC#CC[C@@](C)(O)COC. The van der Waals surface area contributed by atoms with Crippen molar-refractivity contribution < 1.29 is 9.84 Å². The molecule has 82 valence electrons. The van der Waals surface area contributed by atoms with Gasteiger partial charge in [0, 0.05) is 20.0 Å². The Morgan fingerprint density at radius 1 is 1.29 bits per heavy atom. The van der Waals surface area contributed by atoms with Crippen LogP contribution in [0.5, 0.6) is 0 Å². The second-order valence-electron chi connectivity index (χ2n) is 3.92. The van der Waals surface area contributed by atoms with E-state index >= 15 is 0 Å². The highest BCUT2D eigenvalue weighted by atomic mass is 16.5. The van der Waals surface area contributed by atoms with Crippen molar-refractivity contribution >= 4 is 0 Å². The van der Waals surface area contributed by atoms with Gasteiger partial charge in [0.25, 0.3) is 0 Å². The van der Waals surface area contributed by atoms with E-state index in [0.29, 0.717) is 13.0 Å². The first kappa shape index (κ1) is 13.5. The third-order valence-corrected chi connectivity index (χ3v) is 1.95. The fourth-order valence-electron chi connectivity index (χ4n) is 1.17. The van der Waals surface area contributed by atoms with Crippen molar-refractivity contribution in [2.75, 3.05) is 13.7 Å². The molecule has 0 spiro atoms. The number of rotatable bonds is 6. The Bertz CT molecular complexity index is 186. The third-order valence-electron chi connectivity index (χ3n) is 1.95. The van der Waals surface area contributed by atoms with Gasteiger partial charge in [-0.25, -0.2) is 0 Å². The van der Waals surface area contributed by atoms with E-state index in [1.807, 2.05) is 0 Å². The van der Waals surface area contributed by atoms with Crippen LogP contribution in [0.3, 0.4) is 0 Å². The van der Waals surface area contributed by atoms with Gasteiger partial charge in [-0.15, -0.1) is 11.8 Å². The van der Waals surface area contributed by atoms with Gasteiger partial charge in [0.15, 0.2) is 0 Å². The number of hydrogen-bond donors (Lipinski definition) is 1. The van der Waals surface area contributed by atoms with Gasteiger partial charge in [-0.3, -0.25) is 0 Å². The maximum atomic E-state index is 9.69. The first-order chi connectivity index (χ1) is 6.62. The molecule has 1 N–H and O–H groups in total. The molecule has 1 atom stereocenters. The van der Waals surface area contributed by atoms with Crippen LogP contribution >= 0.6 is 0 Å². The zero-order chi connectivity index (χ0) is 10.9. The minimum absolute atomic E-state index is 0.344. The molecule has 0 aromatic rings. The van der Waals surface area contributed by atoms with Crippen LogP contribution in [-0.4, -0.2) is 24.4 Å². The summed E-state index contributed by atoms with van der Waals surface area (Å²) in [6, 6.07) is 0. The predicted molar refractivity (Wildman–Crippen MR) is 59.0 cm³/mol. The normalized spacial score (nSPS) is 14.3. The monoisotopic (exact) mass is 198 g/mol. The molecule has 0 aliphatic rings. The smallest absolute Gasteiger partial charge is 0.0960 e. The summed E-state index contributed by atoms with van der Waals surface area (Å²) < 4.78 is 4.88. The molecule has 0 amide bonds. The number of methoxy groups -OCH3 is 1. The third kappa shape index (κ3) is 8.10. The zero-order valence-corrected chi connectivity index (χ0v) is 9.60. The average molecular weight is 198 g/mol. The summed E-state index contributed by atoms with van der Waals surface area (Å²) in [5, 5.41) is 9.69.